The largest absolute Gasteiger partial charge is 0.346 e. The molecule has 1 unspecified atom stereocenters. The van der Waals surface area contributed by atoms with Crippen molar-refractivity contribution in [2.75, 3.05) is 0 Å². The molecule has 0 saturated carbocycles. The van der Waals surface area contributed by atoms with Crippen LogP contribution in [0.1, 0.15) is 25.6 Å². The normalized spacial score (nSPS) is 13.0. The molecule has 148 valence electrons. The van der Waals surface area contributed by atoms with E-state index in [4.69, 9.17) is 4.52 Å². The van der Waals surface area contributed by atoms with Gasteiger partial charge in [-0.25, -0.2) is 8.42 Å². The lowest BCUT2D eigenvalue weighted by Crippen LogP contribution is -2.49. The molecule has 3 rings (SSSR count). The molecule has 0 radical (unpaired) electrons. The van der Waals surface area contributed by atoms with Crippen LogP contribution in [0, 0.1) is 12.8 Å². The molecule has 0 saturated heterocycles. The van der Waals surface area contributed by atoms with E-state index >= 15 is 0 Å². The minimum atomic E-state index is -3.88. The van der Waals surface area contributed by atoms with Crippen molar-refractivity contribution in [3.63, 3.8) is 0 Å². The smallest absolute Gasteiger partial charge is 0.246 e. The van der Waals surface area contributed by atoms with E-state index in [-0.39, 0.29) is 23.2 Å². The minimum absolute atomic E-state index is 0.0284. The van der Waals surface area contributed by atoms with Crippen molar-refractivity contribution in [2.24, 2.45) is 5.92 Å². The third-order valence-corrected chi connectivity index (χ3v) is 5.68. The fourth-order valence-electron chi connectivity index (χ4n) is 2.75. The SMILES string of the molecule is Cc1noc(CNC(=O)C(NS(=O)(=O)c2ccc3ccccc3c2)C(C)C)n1. The van der Waals surface area contributed by atoms with Crippen LogP contribution in [0.2, 0.25) is 0 Å². The summed E-state index contributed by atoms with van der Waals surface area (Å²) in [5.41, 5.74) is 0. The Labute approximate surface area is 163 Å². The predicted octanol–water partition coefficient (Wildman–Crippen LogP) is 2.15. The van der Waals surface area contributed by atoms with E-state index in [1.165, 1.54) is 6.07 Å². The molecule has 0 aliphatic rings. The first-order valence-electron chi connectivity index (χ1n) is 8.84. The number of benzene rings is 2. The molecule has 0 aliphatic carbocycles. The Balaban J connectivity index is 1.76. The zero-order valence-electron chi connectivity index (χ0n) is 15.8. The van der Waals surface area contributed by atoms with E-state index in [1.54, 1.807) is 32.9 Å². The van der Waals surface area contributed by atoms with E-state index < -0.39 is 22.0 Å². The summed E-state index contributed by atoms with van der Waals surface area (Å²) in [5, 5.41) is 8.03. The van der Waals surface area contributed by atoms with Crippen LogP contribution in [0.25, 0.3) is 10.8 Å². The first-order chi connectivity index (χ1) is 13.3. The second-order valence-corrected chi connectivity index (χ2v) is 8.52. The quantitative estimate of drug-likeness (QED) is 0.626. The van der Waals surface area contributed by atoms with Crippen LogP contribution in [-0.4, -0.2) is 30.5 Å². The van der Waals surface area contributed by atoms with Crippen LogP contribution in [0.5, 0.6) is 0 Å². The summed E-state index contributed by atoms with van der Waals surface area (Å²) in [6, 6.07) is 11.4. The van der Waals surface area contributed by atoms with Gasteiger partial charge in [0.05, 0.1) is 11.4 Å². The van der Waals surface area contributed by atoms with Gasteiger partial charge in [-0.1, -0.05) is 49.3 Å². The fraction of sp³-hybridized carbons (Fsp3) is 0.316. The van der Waals surface area contributed by atoms with Gasteiger partial charge in [-0.2, -0.15) is 9.71 Å². The number of carbonyl (C=O) groups excluding carboxylic acids is 1. The van der Waals surface area contributed by atoms with Crippen molar-refractivity contribution in [2.45, 2.75) is 38.3 Å². The molecule has 28 heavy (non-hydrogen) atoms. The first kappa shape index (κ1) is 20.0. The Morgan fingerprint density at radius 2 is 1.86 bits per heavy atom. The Hall–Kier alpha value is -2.78. The molecular weight excluding hydrogens is 380 g/mol. The van der Waals surface area contributed by atoms with Gasteiger partial charge in [-0.15, -0.1) is 0 Å². The van der Waals surface area contributed by atoms with Gasteiger partial charge in [-0.05, 0) is 35.7 Å². The second kappa shape index (κ2) is 8.07. The number of nitrogens with one attached hydrogen (secondary N) is 2. The molecule has 1 amide bonds. The summed E-state index contributed by atoms with van der Waals surface area (Å²) in [5.74, 6) is -0.0118. The van der Waals surface area contributed by atoms with Crippen molar-refractivity contribution in [3.05, 3.63) is 54.2 Å². The van der Waals surface area contributed by atoms with E-state index in [1.807, 2.05) is 24.3 Å². The molecule has 8 nitrogen and oxygen atoms in total. The highest BCUT2D eigenvalue weighted by atomic mass is 32.2. The van der Waals surface area contributed by atoms with Crippen LogP contribution >= 0.6 is 0 Å². The van der Waals surface area contributed by atoms with Gasteiger partial charge in [0.25, 0.3) is 0 Å². The van der Waals surface area contributed by atoms with E-state index in [9.17, 15) is 13.2 Å². The molecule has 0 fully saturated rings. The molecule has 3 aromatic rings. The maximum atomic E-state index is 12.8. The molecule has 2 N–H and O–H groups in total. The first-order valence-corrected chi connectivity index (χ1v) is 10.3. The summed E-state index contributed by atoms with van der Waals surface area (Å²) in [6.45, 7) is 5.23. The zero-order chi connectivity index (χ0) is 20.3. The maximum absolute atomic E-state index is 12.8. The van der Waals surface area contributed by atoms with Gasteiger partial charge in [0.15, 0.2) is 5.82 Å². The van der Waals surface area contributed by atoms with Gasteiger partial charge < -0.3 is 9.84 Å². The molecule has 0 bridgehead atoms. The number of rotatable bonds is 7. The van der Waals surface area contributed by atoms with Gasteiger partial charge in [0, 0.05) is 0 Å². The van der Waals surface area contributed by atoms with Gasteiger partial charge in [0.1, 0.15) is 6.04 Å². The van der Waals surface area contributed by atoms with Crippen molar-refractivity contribution in [3.8, 4) is 0 Å². The lowest BCUT2D eigenvalue weighted by atomic mass is 10.1. The number of fused-ring (bicyclic) bond motifs is 1. The lowest BCUT2D eigenvalue weighted by molar-refractivity contribution is -0.123. The summed E-state index contributed by atoms with van der Waals surface area (Å²) < 4.78 is 33.1. The van der Waals surface area contributed by atoms with Crippen molar-refractivity contribution in [1.82, 2.24) is 20.2 Å². The molecule has 1 heterocycles. The third kappa shape index (κ3) is 4.55. The molecule has 0 aliphatic heterocycles. The topological polar surface area (TPSA) is 114 Å². The standard InChI is InChI=1S/C19H22N4O4S/c1-12(2)18(19(24)20-11-17-21-13(3)22-27-17)23-28(25,26)16-9-8-14-6-4-5-7-15(14)10-16/h4-10,12,18,23H,11H2,1-3H3,(H,20,24). The second-order valence-electron chi connectivity index (χ2n) is 6.81. The van der Waals surface area contributed by atoms with Crippen molar-refractivity contribution in [1.29, 1.82) is 0 Å². The Morgan fingerprint density at radius 3 is 2.50 bits per heavy atom. The highest BCUT2D eigenvalue weighted by molar-refractivity contribution is 7.89. The number of hydrogen-bond acceptors (Lipinski definition) is 6. The summed E-state index contributed by atoms with van der Waals surface area (Å²) in [6.07, 6.45) is 0. The molecule has 1 aromatic heterocycles. The molecular formula is C19H22N4O4S. The summed E-state index contributed by atoms with van der Waals surface area (Å²) >= 11 is 0. The monoisotopic (exact) mass is 402 g/mol. The molecule has 9 heteroatoms. The fourth-order valence-corrected chi connectivity index (χ4v) is 4.13. The van der Waals surface area contributed by atoms with Crippen LogP contribution in [0.3, 0.4) is 0 Å². The number of amides is 1. The van der Waals surface area contributed by atoms with Crippen molar-refractivity contribution >= 4 is 26.7 Å². The number of aromatic nitrogens is 2. The van der Waals surface area contributed by atoms with E-state index in [0.717, 1.165) is 10.8 Å². The Bertz CT molecular complexity index is 1090. The highest BCUT2D eigenvalue weighted by Crippen LogP contribution is 2.19. The Kier molecular flexibility index (Phi) is 5.76. The zero-order valence-corrected chi connectivity index (χ0v) is 16.7. The summed E-state index contributed by atoms with van der Waals surface area (Å²) in [7, 11) is -3.88. The lowest BCUT2D eigenvalue weighted by Gasteiger charge is -2.21. The number of sulfonamides is 1. The molecule has 2 aromatic carbocycles. The molecule has 1 atom stereocenters. The van der Waals surface area contributed by atoms with E-state index in [2.05, 4.69) is 20.2 Å². The Morgan fingerprint density at radius 1 is 1.14 bits per heavy atom. The molecule has 0 spiro atoms. The highest BCUT2D eigenvalue weighted by Gasteiger charge is 2.28. The third-order valence-electron chi connectivity index (χ3n) is 4.25. The van der Waals surface area contributed by atoms with Crippen LogP contribution < -0.4 is 10.0 Å². The van der Waals surface area contributed by atoms with Crippen molar-refractivity contribution < 1.29 is 17.7 Å². The average molecular weight is 402 g/mol. The average Bonchev–Trinajstić information content (AvgIpc) is 3.09. The van der Waals surface area contributed by atoms with Gasteiger partial charge in [-0.3, -0.25) is 4.79 Å². The number of carbonyl (C=O) groups is 1. The maximum Gasteiger partial charge on any atom is 0.246 e. The van der Waals surface area contributed by atoms with Crippen LogP contribution in [0.4, 0.5) is 0 Å². The minimum Gasteiger partial charge on any atom is -0.346 e. The van der Waals surface area contributed by atoms with Crippen LogP contribution in [-0.2, 0) is 21.4 Å². The number of aryl methyl sites for hydroxylation is 1. The number of hydrogen-bond donors (Lipinski definition) is 2. The number of nitrogens with zero attached hydrogens (tertiary/aromatic N) is 2. The predicted molar refractivity (Wildman–Crippen MR) is 104 cm³/mol. The van der Waals surface area contributed by atoms with Gasteiger partial charge in [0.2, 0.25) is 21.8 Å². The van der Waals surface area contributed by atoms with Crippen LogP contribution in [0.15, 0.2) is 51.9 Å². The summed E-state index contributed by atoms with van der Waals surface area (Å²) in [4.78, 5) is 16.7. The van der Waals surface area contributed by atoms with E-state index in [0.29, 0.717) is 5.82 Å². The van der Waals surface area contributed by atoms with Gasteiger partial charge >= 0.3 is 0 Å².